The van der Waals surface area contributed by atoms with Gasteiger partial charge in [0.15, 0.2) is 15.6 Å². The number of nitrogens with zero attached hydrogens (tertiary/aromatic N) is 1. The number of Topliss-reactive ketones (excluding diaryl/α,β-unsaturated/α-hetero) is 1. The number of ketones is 1. The van der Waals surface area contributed by atoms with E-state index < -0.39 is 61.2 Å². The van der Waals surface area contributed by atoms with Crippen molar-refractivity contribution >= 4 is 15.6 Å². The van der Waals surface area contributed by atoms with E-state index in [4.69, 9.17) is 0 Å². The second kappa shape index (κ2) is 8.84. The molecule has 2 aliphatic rings. The van der Waals surface area contributed by atoms with Gasteiger partial charge >= 0.3 is 12.4 Å². The predicted molar refractivity (Wildman–Crippen MR) is 109 cm³/mol. The highest BCUT2D eigenvalue weighted by Gasteiger charge is 2.45. The maximum Gasteiger partial charge on any atom is 0.433 e. The van der Waals surface area contributed by atoms with Gasteiger partial charge in [-0.2, -0.15) is 26.3 Å². The molecule has 1 saturated heterocycles. The van der Waals surface area contributed by atoms with Gasteiger partial charge in [-0.05, 0) is 61.9 Å². The molecule has 0 spiro atoms. The highest BCUT2D eigenvalue weighted by atomic mass is 32.2. The molecule has 1 saturated carbocycles. The van der Waals surface area contributed by atoms with E-state index in [0.717, 1.165) is 18.3 Å². The lowest BCUT2D eigenvalue weighted by Gasteiger charge is -2.35. The van der Waals surface area contributed by atoms with Gasteiger partial charge in [0.1, 0.15) is 11.5 Å². The number of alkyl halides is 6. The molecule has 13 heteroatoms. The molecule has 1 aliphatic heterocycles. The van der Waals surface area contributed by atoms with Crippen LogP contribution < -0.4 is 5.32 Å². The van der Waals surface area contributed by atoms with Crippen LogP contribution in [0.25, 0.3) is 0 Å². The Hall–Kier alpha value is -2.54. The summed E-state index contributed by atoms with van der Waals surface area (Å²) in [6.07, 6.45) is -7.14. The van der Waals surface area contributed by atoms with Crippen molar-refractivity contribution in [1.82, 2.24) is 10.3 Å². The summed E-state index contributed by atoms with van der Waals surface area (Å²) in [6.45, 7) is 0. The first-order chi connectivity index (χ1) is 16.2. The second-order valence-corrected chi connectivity index (χ2v) is 11.0. The maximum atomic E-state index is 13.6. The SMILES string of the molecule is O=C(c1ccc(C(F)(F)F)nc1)C1NC1CCC1CC(S(=O)(=O)c2cc(F)cc(C(F)(F)F)c2)C1. The van der Waals surface area contributed by atoms with Gasteiger partial charge in [-0.1, -0.05) is 0 Å². The minimum atomic E-state index is -4.88. The fraction of sp³-hybridized carbons (Fsp3) is 0.455. The maximum absolute atomic E-state index is 13.6. The Balaban J connectivity index is 1.28. The van der Waals surface area contributed by atoms with E-state index in [1.807, 2.05) is 0 Å². The van der Waals surface area contributed by atoms with Crippen molar-refractivity contribution in [3.05, 3.63) is 59.2 Å². The predicted octanol–water partition coefficient (Wildman–Crippen LogP) is 4.81. The van der Waals surface area contributed by atoms with E-state index in [1.165, 1.54) is 0 Å². The lowest BCUT2D eigenvalue weighted by atomic mass is 9.81. The van der Waals surface area contributed by atoms with Crippen LogP contribution in [-0.2, 0) is 22.2 Å². The van der Waals surface area contributed by atoms with Crippen LogP contribution in [0, 0.1) is 11.7 Å². The van der Waals surface area contributed by atoms with Crippen molar-refractivity contribution in [1.29, 1.82) is 0 Å². The number of carbonyl (C=O) groups excluding carboxylic acids is 1. The number of hydrogen-bond donors (Lipinski definition) is 1. The van der Waals surface area contributed by atoms with Crippen molar-refractivity contribution in [3.63, 3.8) is 0 Å². The third kappa shape index (κ3) is 5.50. The molecule has 0 bridgehead atoms. The van der Waals surface area contributed by atoms with E-state index in [0.29, 0.717) is 25.0 Å². The Morgan fingerprint density at radius 3 is 2.26 bits per heavy atom. The standard InChI is InChI=1S/C22H19F7N2O3S/c23-14-7-13(21(24,25)26)8-16(9-14)35(33,34)15-5-11(6-15)1-3-17-19(31-17)20(32)12-2-4-18(30-10-12)22(27,28)29/h2,4,7-11,15,17,19,31H,1,3,5-6H2. The van der Waals surface area contributed by atoms with Crippen LogP contribution in [0.1, 0.15) is 47.3 Å². The smallest absolute Gasteiger partial charge is 0.301 e. The number of pyridine rings is 1. The molecule has 0 radical (unpaired) electrons. The summed E-state index contributed by atoms with van der Waals surface area (Å²) in [5.74, 6) is -1.71. The molecule has 2 heterocycles. The largest absolute Gasteiger partial charge is 0.433 e. The molecule has 5 nitrogen and oxygen atoms in total. The molecule has 0 amide bonds. The summed E-state index contributed by atoms with van der Waals surface area (Å²) in [7, 11) is -4.13. The van der Waals surface area contributed by atoms with Crippen LogP contribution in [0.15, 0.2) is 41.4 Å². The third-order valence-electron chi connectivity index (χ3n) is 6.35. The van der Waals surface area contributed by atoms with E-state index >= 15 is 0 Å². The second-order valence-electron chi connectivity index (χ2n) is 8.80. The first-order valence-electron chi connectivity index (χ1n) is 10.6. The molecule has 1 aromatic heterocycles. The minimum Gasteiger partial charge on any atom is -0.301 e. The average Bonchev–Trinajstić information content (AvgIpc) is 3.50. The molecule has 2 aromatic rings. The van der Waals surface area contributed by atoms with Gasteiger partial charge in [-0.3, -0.25) is 9.78 Å². The van der Waals surface area contributed by atoms with E-state index in [1.54, 1.807) is 0 Å². The van der Waals surface area contributed by atoms with E-state index in [-0.39, 0.29) is 36.4 Å². The number of sulfone groups is 1. The fourth-order valence-electron chi connectivity index (χ4n) is 4.23. The van der Waals surface area contributed by atoms with Crippen molar-refractivity contribution < 1.29 is 43.9 Å². The van der Waals surface area contributed by atoms with Gasteiger partial charge in [0.25, 0.3) is 0 Å². The number of hydrogen-bond acceptors (Lipinski definition) is 5. The average molecular weight is 524 g/mol. The van der Waals surface area contributed by atoms with Crippen molar-refractivity contribution in [2.24, 2.45) is 5.92 Å². The summed E-state index contributed by atoms with van der Waals surface area (Å²) >= 11 is 0. The molecule has 1 aliphatic carbocycles. The summed E-state index contributed by atoms with van der Waals surface area (Å²) in [6, 6.07) is 2.27. The lowest BCUT2D eigenvalue weighted by molar-refractivity contribution is -0.141. The van der Waals surface area contributed by atoms with Gasteiger partial charge in [0, 0.05) is 17.8 Å². The quantitative estimate of drug-likeness (QED) is 0.319. The lowest BCUT2D eigenvalue weighted by Crippen LogP contribution is -2.36. The molecule has 35 heavy (non-hydrogen) atoms. The van der Waals surface area contributed by atoms with Crippen LogP contribution in [0.5, 0.6) is 0 Å². The molecule has 2 atom stereocenters. The summed E-state index contributed by atoms with van der Waals surface area (Å²) in [5.41, 5.74) is -2.43. The molecule has 2 unspecified atom stereocenters. The summed E-state index contributed by atoms with van der Waals surface area (Å²) in [4.78, 5) is 15.0. The fourth-order valence-corrected chi connectivity index (χ4v) is 6.24. The number of aromatic nitrogens is 1. The summed E-state index contributed by atoms with van der Waals surface area (Å²) < 4.78 is 115. The molecule has 1 aromatic carbocycles. The van der Waals surface area contributed by atoms with Crippen molar-refractivity contribution in [2.45, 2.75) is 60.3 Å². The molecule has 1 N–H and O–H groups in total. The van der Waals surface area contributed by atoms with Crippen LogP contribution in [-0.4, -0.2) is 36.5 Å². The zero-order valence-corrected chi connectivity index (χ0v) is 18.6. The van der Waals surface area contributed by atoms with Crippen LogP contribution in [0.2, 0.25) is 0 Å². The molecule has 4 rings (SSSR count). The first kappa shape index (κ1) is 25.5. The number of benzene rings is 1. The Bertz CT molecular complexity index is 1220. The summed E-state index contributed by atoms with van der Waals surface area (Å²) in [5, 5.41) is 2.02. The number of nitrogens with one attached hydrogen (secondary N) is 1. The molecular formula is C22H19F7N2O3S. The normalized spacial score (nSPS) is 24.7. The highest BCUT2D eigenvalue weighted by molar-refractivity contribution is 7.92. The van der Waals surface area contributed by atoms with Gasteiger partial charge in [0.05, 0.1) is 21.8 Å². The monoisotopic (exact) mass is 524 g/mol. The molecule has 2 fully saturated rings. The van der Waals surface area contributed by atoms with Gasteiger partial charge in [-0.25, -0.2) is 12.8 Å². The van der Waals surface area contributed by atoms with Crippen molar-refractivity contribution in [2.75, 3.05) is 0 Å². The van der Waals surface area contributed by atoms with Crippen LogP contribution >= 0.6 is 0 Å². The minimum absolute atomic E-state index is 0.0312. The Morgan fingerprint density at radius 1 is 1.00 bits per heavy atom. The first-order valence-corrected chi connectivity index (χ1v) is 12.2. The topological polar surface area (TPSA) is 86.0 Å². The zero-order valence-electron chi connectivity index (χ0n) is 17.8. The Kier molecular flexibility index (Phi) is 6.45. The van der Waals surface area contributed by atoms with Crippen LogP contribution in [0.4, 0.5) is 30.7 Å². The van der Waals surface area contributed by atoms with Crippen LogP contribution in [0.3, 0.4) is 0 Å². The van der Waals surface area contributed by atoms with Gasteiger partial charge in [-0.15, -0.1) is 0 Å². The van der Waals surface area contributed by atoms with E-state index in [2.05, 4.69) is 10.3 Å². The Labute approximate surface area is 195 Å². The number of carbonyl (C=O) groups is 1. The van der Waals surface area contributed by atoms with Gasteiger partial charge in [0.2, 0.25) is 0 Å². The zero-order chi connectivity index (χ0) is 25.8. The third-order valence-corrected chi connectivity index (χ3v) is 8.51. The number of halogens is 7. The van der Waals surface area contributed by atoms with E-state index in [9.17, 15) is 43.9 Å². The number of rotatable bonds is 7. The highest BCUT2D eigenvalue weighted by Crippen LogP contribution is 2.41. The Morgan fingerprint density at radius 2 is 1.69 bits per heavy atom. The molecular weight excluding hydrogens is 505 g/mol. The van der Waals surface area contributed by atoms with Crippen molar-refractivity contribution in [3.8, 4) is 0 Å². The van der Waals surface area contributed by atoms with Gasteiger partial charge < -0.3 is 5.32 Å². The molecule has 190 valence electrons.